The first-order chi connectivity index (χ1) is 14.8. The molecule has 0 radical (unpaired) electrons. The molecule has 9 heteroatoms. The smallest absolute Gasteiger partial charge is 0.338 e. The Hall–Kier alpha value is -3.88. The third-order valence-electron chi connectivity index (χ3n) is 4.71. The van der Waals surface area contributed by atoms with Gasteiger partial charge in [-0.15, -0.1) is 0 Å². The highest BCUT2D eigenvalue weighted by atomic mass is 16.5. The third kappa shape index (κ3) is 4.82. The van der Waals surface area contributed by atoms with E-state index < -0.39 is 18.0 Å². The molecule has 0 unspecified atom stereocenters. The normalized spacial score (nSPS) is 14.2. The molecule has 0 aliphatic carbocycles. The van der Waals surface area contributed by atoms with Gasteiger partial charge in [0.05, 0.1) is 31.2 Å². The Bertz CT molecular complexity index is 1020. The molecule has 1 aliphatic heterocycles. The standard InChI is InChI=1S/C22H22N2O7/c1-13(21(27)23-17-12-16(29-2)7-8-18(17)30-3)31-22(28)14-5-4-6-15(11-14)24-19(25)9-10-20(24)26/h4-8,11-13H,9-10H2,1-3H3,(H,23,27)/t13-/m1/s1. The SMILES string of the molecule is COc1ccc(OC)c(NC(=O)[C@@H](C)OC(=O)c2cccc(N3C(=O)CCC3=O)c2)c1. The first-order valence-electron chi connectivity index (χ1n) is 9.53. The van der Waals surface area contributed by atoms with Crippen LogP contribution < -0.4 is 19.7 Å². The van der Waals surface area contributed by atoms with Gasteiger partial charge >= 0.3 is 5.97 Å². The van der Waals surface area contributed by atoms with E-state index in [-0.39, 0.29) is 30.2 Å². The van der Waals surface area contributed by atoms with Gasteiger partial charge in [0.25, 0.3) is 5.91 Å². The highest BCUT2D eigenvalue weighted by molar-refractivity contribution is 6.20. The number of nitrogens with one attached hydrogen (secondary N) is 1. The number of ether oxygens (including phenoxy) is 3. The van der Waals surface area contributed by atoms with Crippen LogP contribution in [0.25, 0.3) is 0 Å². The lowest BCUT2D eigenvalue weighted by molar-refractivity contribution is -0.124. The number of benzene rings is 2. The van der Waals surface area contributed by atoms with Crippen molar-refractivity contribution in [3.05, 3.63) is 48.0 Å². The fourth-order valence-corrected chi connectivity index (χ4v) is 3.06. The van der Waals surface area contributed by atoms with Crippen LogP contribution in [0.2, 0.25) is 0 Å². The van der Waals surface area contributed by atoms with E-state index in [1.807, 2.05) is 0 Å². The summed E-state index contributed by atoms with van der Waals surface area (Å²) in [6.45, 7) is 1.43. The van der Waals surface area contributed by atoms with Crippen molar-refractivity contribution in [2.45, 2.75) is 25.9 Å². The predicted octanol–water partition coefficient (Wildman–Crippen LogP) is 2.54. The number of carbonyl (C=O) groups is 4. The van der Waals surface area contributed by atoms with Crippen LogP contribution >= 0.6 is 0 Å². The predicted molar refractivity (Wildman–Crippen MR) is 111 cm³/mol. The van der Waals surface area contributed by atoms with Gasteiger partial charge in [0.2, 0.25) is 11.8 Å². The average Bonchev–Trinajstić information content (AvgIpc) is 3.11. The molecule has 3 amide bonds. The largest absolute Gasteiger partial charge is 0.497 e. The van der Waals surface area contributed by atoms with Gasteiger partial charge in [-0.05, 0) is 37.3 Å². The van der Waals surface area contributed by atoms with Crippen molar-refractivity contribution in [3.8, 4) is 11.5 Å². The maximum Gasteiger partial charge on any atom is 0.338 e. The number of esters is 1. The Kier molecular flexibility index (Phi) is 6.54. The Labute approximate surface area is 178 Å². The summed E-state index contributed by atoms with van der Waals surface area (Å²) in [6.07, 6.45) is -0.848. The van der Waals surface area contributed by atoms with Crippen LogP contribution in [-0.2, 0) is 19.1 Å². The molecule has 1 atom stereocenters. The Morgan fingerprint density at radius 3 is 2.35 bits per heavy atom. The minimum Gasteiger partial charge on any atom is -0.497 e. The molecular weight excluding hydrogens is 404 g/mol. The second-order valence-electron chi connectivity index (χ2n) is 6.78. The highest BCUT2D eigenvalue weighted by Crippen LogP contribution is 2.29. The quantitative estimate of drug-likeness (QED) is 0.535. The number of amides is 3. The van der Waals surface area contributed by atoms with Gasteiger partial charge in [-0.25, -0.2) is 4.79 Å². The molecule has 2 aromatic carbocycles. The topological polar surface area (TPSA) is 111 Å². The van der Waals surface area contributed by atoms with Crippen LogP contribution in [0, 0.1) is 0 Å². The van der Waals surface area contributed by atoms with E-state index in [1.165, 1.54) is 39.3 Å². The molecule has 1 heterocycles. The zero-order valence-corrected chi connectivity index (χ0v) is 17.3. The number of rotatable bonds is 7. The molecule has 0 spiro atoms. The summed E-state index contributed by atoms with van der Waals surface area (Å²) in [6, 6.07) is 10.9. The first kappa shape index (κ1) is 21.8. The van der Waals surface area contributed by atoms with Crippen LogP contribution in [0.15, 0.2) is 42.5 Å². The molecule has 2 aromatic rings. The van der Waals surface area contributed by atoms with E-state index in [1.54, 1.807) is 24.3 Å². The van der Waals surface area contributed by atoms with Crippen LogP contribution in [0.4, 0.5) is 11.4 Å². The summed E-state index contributed by atoms with van der Waals surface area (Å²) >= 11 is 0. The van der Waals surface area contributed by atoms with Crippen LogP contribution in [0.3, 0.4) is 0 Å². The summed E-state index contributed by atoms with van der Waals surface area (Å²) < 4.78 is 15.6. The Balaban J connectivity index is 1.69. The van der Waals surface area contributed by atoms with Crippen molar-refractivity contribution < 1.29 is 33.4 Å². The number of hydrogen-bond acceptors (Lipinski definition) is 7. The van der Waals surface area contributed by atoms with Crippen molar-refractivity contribution >= 4 is 35.1 Å². The van der Waals surface area contributed by atoms with Crippen LogP contribution in [-0.4, -0.2) is 44.0 Å². The van der Waals surface area contributed by atoms with Crippen molar-refractivity contribution in [1.29, 1.82) is 0 Å². The molecule has 0 bridgehead atoms. The zero-order valence-electron chi connectivity index (χ0n) is 17.3. The van der Waals surface area contributed by atoms with Gasteiger partial charge in [0, 0.05) is 18.9 Å². The zero-order chi connectivity index (χ0) is 22.5. The Morgan fingerprint density at radius 1 is 1.00 bits per heavy atom. The van der Waals surface area contributed by atoms with Gasteiger partial charge < -0.3 is 19.5 Å². The van der Waals surface area contributed by atoms with E-state index in [9.17, 15) is 19.2 Å². The number of methoxy groups -OCH3 is 2. The minimum atomic E-state index is -1.12. The molecule has 1 saturated heterocycles. The second-order valence-corrected chi connectivity index (χ2v) is 6.78. The minimum absolute atomic E-state index is 0.114. The van der Waals surface area contributed by atoms with Gasteiger partial charge in [0.15, 0.2) is 6.10 Å². The molecule has 3 rings (SSSR count). The van der Waals surface area contributed by atoms with Crippen LogP contribution in [0.5, 0.6) is 11.5 Å². The fraction of sp³-hybridized carbons (Fsp3) is 0.273. The van der Waals surface area contributed by atoms with Gasteiger partial charge in [-0.3, -0.25) is 19.3 Å². The van der Waals surface area contributed by atoms with Gasteiger partial charge in [0.1, 0.15) is 11.5 Å². The van der Waals surface area contributed by atoms with Gasteiger partial charge in [-0.2, -0.15) is 0 Å². The lowest BCUT2D eigenvalue weighted by Gasteiger charge is -2.17. The number of hydrogen-bond donors (Lipinski definition) is 1. The average molecular weight is 426 g/mol. The highest BCUT2D eigenvalue weighted by Gasteiger charge is 2.31. The Morgan fingerprint density at radius 2 is 1.71 bits per heavy atom. The molecule has 9 nitrogen and oxygen atoms in total. The summed E-state index contributed by atoms with van der Waals surface area (Å²) in [5, 5.41) is 2.64. The van der Waals surface area contributed by atoms with Crippen molar-refractivity contribution in [2.75, 3.05) is 24.4 Å². The molecule has 1 aliphatic rings. The molecule has 1 fully saturated rings. The van der Waals surface area contributed by atoms with Crippen LogP contribution in [0.1, 0.15) is 30.1 Å². The van der Waals surface area contributed by atoms with E-state index >= 15 is 0 Å². The molecule has 0 aromatic heterocycles. The van der Waals surface area contributed by atoms with E-state index in [0.717, 1.165) is 4.90 Å². The van der Waals surface area contributed by atoms with Crippen molar-refractivity contribution in [3.63, 3.8) is 0 Å². The molecule has 162 valence electrons. The number of carbonyl (C=O) groups excluding carboxylic acids is 4. The number of imide groups is 1. The lowest BCUT2D eigenvalue weighted by Crippen LogP contribution is -2.30. The number of nitrogens with zero attached hydrogens (tertiary/aromatic N) is 1. The van der Waals surface area contributed by atoms with Gasteiger partial charge in [-0.1, -0.05) is 6.07 Å². The van der Waals surface area contributed by atoms with E-state index in [0.29, 0.717) is 22.9 Å². The number of anilines is 2. The molecule has 0 saturated carbocycles. The second kappa shape index (κ2) is 9.29. The summed E-state index contributed by atoms with van der Waals surface area (Å²) in [7, 11) is 2.96. The van der Waals surface area contributed by atoms with Crippen molar-refractivity contribution in [1.82, 2.24) is 0 Å². The lowest BCUT2D eigenvalue weighted by atomic mass is 10.2. The maximum absolute atomic E-state index is 12.5. The summed E-state index contributed by atoms with van der Waals surface area (Å²) in [4.78, 5) is 49.9. The monoisotopic (exact) mass is 426 g/mol. The summed E-state index contributed by atoms with van der Waals surface area (Å²) in [5.41, 5.74) is 0.770. The molecule has 31 heavy (non-hydrogen) atoms. The van der Waals surface area contributed by atoms with E-state index in [2.05, 4.69) is 5.32 Å². The molecular formula is C22H22N2O7. The maximum atomic E-state index is 12.5. The van der Waals surface area contributed by atoms with Crippen molar-refractivity contribution in [2.24, 2.45) is 0 Å². The van der Waals surface area contributed by atoms with E-state index in [4.69, 9.17) is 14.2 Å². The molecule has 1 N–H and O–H groups in total. The first-order valence-corrected chi connectivity index (χ1v) is 9.53. The fourth-order valence-electron chi connectivity index (χ4n) is 3.06. The third-order valence-corrected chi connectivity index (χ3v) is 4.71. The summed E-state index contributed by atoms with van der Waals surface area (Å²) in [5.74, 6) is -1.04.